The van der Waals surface area contributed by atoms with Crippen molar-refractivity contribution in [3.63, 3.8) is 0 Å². The first-order valence-electron chi connectivity index (χ1n) is 5.18. The number of halogens is 3. The number of aliphatic carboxylic acids is 1. The van der Waals surface area contributed by atoms with Crippen LogP contribution in [0.3, 0.4) is 0 Å². The fourth-order valence-corrected chi connectivity index (χ4v) is 2.11. The molecule has 1 rings (SSSR count). The van der Waals surface area contributed by atoms with Gasteiger partial charge in [0, 0.05) is 6.42 Å². The van der Waals surface area contributed by atoms with Crippen LogP contribution in [-0.4, -0.2) is 17.3 Å². The molecule has 1 saturated carbocycles. The maximum Gasteiger partial charge on any atom is 0.391 e. The molecule has 0 radical (unpaired) electrons. The van der Waals surface area contributed by atoms with Crippen molar-refractivity contribution in [1.29, 1.82) is 0 Å². The van der Waals surface area contributed by atoms with Gasteiger partial charge in [0.1, 0.15) is 0 Å². The van der Waals surface area contributed by atoms with Crippen molar-refractivity contribution in [2.75, 3.05) is 0 Å². The van der Waals surface area contributed by atoms with E-state index in [0.717, 1.165) is 0 Å². The SMILES string of the molecule is O=C(O)CCC1CCC(C(F)(F)F)CC1. The topological polar surface area (TPSA) is 37.3 Å². The monoisotopic (exact) mass is 224 g/mol. The van der Waals surface area contributed by atoms with Crippen LogP contribution in [0.4, 0.5) is 13.2 Å². The third-order valence-corrected chi connectivity index (χ3v) is 3.08. The summed E-state index contributed by atoms with van der Waals surface area (Å²) in [5.41, 5.74) is 0. The summed E-state index contributed by atoms with van der Waals surface area (Å²) in [5, 5.41) is 8.45. The molecule has 1 aliphatic carbocycles. The second-order valence-corrected chi connectivity index (χ2v) is 4.19. The first-order chi connectivity index (χ1) is 6.89. The molecule has 2 nitrogen and oxygen atoms in total. The molecule has 0 aromatic heterocycles. The zero-order valence-corrected chi connectivity index (χ0v) is 8.39. The molecule has 88 valence electrons. The molecule has 0 aromatic carbocycles. The van der Waals surface area contributed by atoms with Gasteiger partial charge in [0.2, 0.25) is 0 Å². The van der Waals surface area contributed by atoms with Crippen LogP contribution in [0, 0.1) is 11.8 Å². The molecule has 0 saturated heterocycles. The molecule has 1 N–H and O–H groups in total. The molecule has 0 amide bonds. The predicted octanol–water partition coefficient (Wildman–Crippen LogP) is 3.22. The molecule has 0 bridgehead atoms. The lowest BCUT2D eigenvalue weighted by atomic mass is 9.80. The van der Waals surface area contributed by atoms with Crippen LogP contribution in [0.15, 0.2) is 0 Å². The molecule has 15 heavy (non-hydrogen) atoms. The maximum absolute atomic E-state index is 12.3. The minimum absolute atomic E-state index is 0.0708. The molecule has 0 aliphatic heterocycles. The quantitative estimate of drug-likeness (QED) is 0.799. The van der Waals surface area contributed by atoms with Gasteiger partial charge in [-0.2, -0.15) is 13.2 Å². The number of carboxylic acid groups (broad SMARTS) is 1. The predicted molar refractivity (Wildman–Crippen MR) is 48.4 cm³/mol. The normalized spacial score (nSPS) is 27.7. The van der Waals surface area contributed by atoms with Gasteiger partial charge in [0.15, 0.2) is 0 Å². The van der Waals surface area contributed by atoms with Crippen molar-refractivity contribution in [3.8, 4) is 0 Å². The van der Waals surface area contributed by atoms with Crippen molar-refractivity contribution in [1.82, 2.24) is 0 Å². The van der Waals surface area contributed by atoms with E-state index in [4.69, 9.17) is 5.11 Å². The first-order valence-corrected chi connectivity index (χ1v) is 5.18. The Balaban J connectivity index is 2.27. The zero-order chi connectivity index (χ0) is 11.5. The van der Waals surface area contributed by atoms with Gasteiger partial charge >= 0.3 is 12.1 Å². The standard InChI is InChI=1S/C10H15F3O2/c11-10(12,13)8-4-1-7(2-5-8)3-6-9(14)15/h7-8H,1-6H2,(H,14,15). The van der Waals surface area contributed by atoms with Crippen molar-refractivity contribution in [3.05, 3.63) is 0 Å². The number of alkyl halides is 3. The molecule has 0 heterocycles. The van der Waals surface area contributed by atoms with E-state index < -0.39 is 18.1 Å². The van der Waals surface area contributed by atoms with E-state index in [-0.39, 0.29) is 25.2 Å². The molecule has 0 unspecified atom stereocenters. The summed E-state index contributed by atoms with van der Waals surface area (Å²) >= 11 is 0. The van der Waals surface area contributed by atoms with Crippen LogP contribution in [0.25, 0.3) is 0 Å². The Morgan fingerprint density at radius 3 is 2.13 bits per heavy atom. The van der Waals surface area contributed by atoms with Gasteiger partial charge in [-0.05, 0) is 38.0 Å². The second kappa shape index (κ2) is 4.86. The van der Waals surface area contributed by atoms with Crippen LogP contribution in [0.5, 0.6) is 0 Å². The number of hydrogen-bond donors (Lipinski definition) is 1. The van der Waals surface area contributed by atoms with Gasteiger partial charge in [-0.25, -0.2) is 0 Å². The Kier molecular flexibility index (Phi) is 3.99. The molecule has 0 aromatic rings. The Hall–Kier alpha value is -0.740. The molecule has 0 atom stereocenters. The number of hydrogen-bond acceptors (Lipinski definition) is 1. The molecular formula is C10H15F3O2. The summed E-state index contributed by atoms with van der Waals surface area (Å²) in [6.07, 6.45) is -2.14. The number of carboxylic acids is 1. The van der Waals surface area contributed by atoms with Crippen molar-refractivity contribution >= 4 is 5.97 Å². The van der Waals surface area contributed by atoms with E-state index in [0.29, 0.717) is 19.3 Å². The second-order valence-electron chi connectivity index (χ2n) is 4.19. The van der Waals surface area contributed by atoms with Gasteiger partial charge in [0.25, 0.3) is 0 Å². The van der Waals surface area contributed by atoms with E-state index >= 15 is 0 Å². The third-order valence-electron chi connectivity index (χ3n) is 3.08. The summed E-state index contributed by atoms with van der Waals surface area (Å²) in [4.78, 5) is 10.3. The van der Waals surface area contributed by atoms with Crippen molar-refractivity contribution < 1.29 is 23.1 Å². The number of rotatable bonds is 3. The Morgan fingerprint density at radius 2 is 1.73 bits per heavy atom. The fourth-order valence-electron chi connectivity index (χ4n) is 2.11. The van der Waals surface area contributed by atoms with E-state index in [2.05, 4.69) is 0 Å². The van der Waals surface area contributed by atoms with Crippen LogP contribution in [-0.2, 0) is 4.79 Å². The van der Waals surface area contributed by atoms with Crippen molar-refractivity contribution in [2.24, 2.45) is 11.8 Å². The summed E-state index contributed by atoms with van der Waals surface area (Å²) in [6, 6.07) is 0. The van der Waals surface area contributed by atoms with Crippen LogP contribution >= 0.6 is 0 Å². The largest absolute Gasteiger partial charge is 0.481 e. The lowest BCUT2D eigenvalue weighted by Gasteiger charge is -2.29. The maximum atomic E-state index is 12.3. The minimum Gasteiger partial charge on any atom is -0.481 e. The number of carbonyl (C=O) groups is 1. The van der Waals surface area contributed by atoms with Gasteiger partial charge in [-0.1, -0.05) is 0 Å². The van der Waals surface area contributed by atoms with Gasteiger partial charge in [-0.15, -0.1) is 0 Å². The van der Waals surface area contributed by atoms with Crippen LogP contribution in [0.2, 0.25) is 0 Å². The molecular weight excluding hydrogens is 209 g/mol. The zero-order valence-electron chi connectivity index (χ0n) is 8.39. The van der Waals surface area contributed by atoms with E-state index in [9.17, 15) is 18.0 Å². The van der Waals surface area contributed by atoms with Gasteiger partial charge < -0.3 is 5.11 Å². The Labute approximate surface area is 86.5 Å². The molecule has 5 heteroatoms. The van der Waals surface area contributed by atoms with E-state index in [1.165, 1.54) is 0 Å². The Morgan fingerprint density at radius 1 is 1.20 bits per heavy atom. The van der Waals surface area contributed by atoms with Crippen LogP contribution < -0.4 is 0 Å². The van der Waals surface area contributed by atoms with Gasteiger partial charge in [0.05, 0.1) is 5.92 Å². The lowest BCUT2D eigenvalue weighted by Crippen LogP contribution is -2.27. The van der Waals surface area contributed by atoms with E-state index in [1.807, 2.05) is 0 Å². The first kappa shape index (κ1) is 12.3. The molecule has 0 spiro atoms. The highest BCUT2D eigenvalue weighted by Crippen LogP contribution is 2.40. The minimum atomic E-state index is -4.07. The highest BCUT2D eigenvalue weighted by Gasteiger charge is 2.41. The average Bonchev–Trinajstić information content (AvgIpc) is 2.14. The van der Waals surface area contributed by atoms with E-state index in [1.54, 1.807) is 0 Å². The Bertz CT molecular complexity index is 217. The summed E-state index contributed by atoms with van der Waals surface area (Å²) in [6.45, 7) is 0. The summed E-state index contributed by atoms with van der Waals surface area (Å²) in [5.74, 6) is -1.87. The average molecular weight is 224 g/mol. The van der Waals surface area contributed by atoms with Crippen molar-refractivity contribution in [2.45, 2.75) is 44.7 Å². The fraction of sp³-hybridized carbons (Fsp3) is 0.900. The summed E-state index contributed by atoms with van der Waals surface area (Å²) < 4.78 is 36.9. The van der Waals surface area contributed by atoms with Crippen LogP contribution in [0.1, 0.15) is 38.5 Å². The highest BCUT2D eigenvalue weighted by molar-refractivity contribution is 5.66. The third kappa shape index (κ3) is 4.10. The van der Waals surface area contributed by atoms with Gasteiger partial charge in [-0.3, -0.25) is 4.79 Å². The summed E-state index contributed by atoms with van der Waals surface area (Å²) in [7, 11) is 0. The smallest absolute Gasteiger partial charge is 0.391 e. The highest BCUT2D eigenvalue weighted by atomic mass is 19.4. The lowest BCUT2D eigenvalue weighted by molar-refractivity contribution is -0.184. The molecule has 1 fully saturated rings. The molecule has 1 aliphatic rings.